The van der Waals surface area contributed by atoms with Crippen molar-refractivity contribution in [2.24, 2.45) is 0 Å². The molecule has 106 valence electrons. The summed E-state index contributed by atoms with van der Waals surface area (Å²) in [7, 11) is 1.33. The van der Waals surface area contributed by atoms with Gasteiger partial charge >= 0.3 is 5.97 Å². The summed E-state index contributed by atoms with van der Waals surface area (Å²) in [6.07, 6.45) is 1.15. The average molecular weight is 293 g/mol. The Labute approximate surface area is 121 Å². The van der Waals surface area contributed by atoms with Crippen LogP contribution in [0.1, 0.15) is 27.4 Å². The van der Waals surface area contributed by atoms with Crippen molar-refractivity contribution in [2.75, 3.05) is 20.3 Å². The molecule has 0 bridgehead atoms. The van der Waals surface area contributed by atoms with Crippen LogP contribution in [-0.4, -0.2) is 48.2 Å². The van der Waals surface area contributed by atoms with Gasteiger partial charge in [0.05, 0.1) is 31.2 Å². The van der Waals surface area contributed by atoms with E-state index in [-0.39, 0.29) is 24.5 Å². The molecule has 1 N–H and O–H groups in total. The van der Waals surface area contributed by atoms with Gasteiger partial charge in [-0.3, -0.25) is 4.79 Å². The fourth-order valence-corrected chi connectivity index (χ4v) is 2.83. The first-order valence-corrected chi connectivity index (χ1v) is 7.04. The van der Waals surface area contributed by atoms with E-state index >= 15 is 0 Å². The minimum atomic E-state index is -0.377. The van der Waals surface area contributed by atoms with Gasteiger partial charge in [-0.15, -0.1) is 11.3 Å². The third-order valence-corrected chi connectivity index (χ3v) is 4.10. The molecule has 1 amide bonds. The number of aliphatic hydroxyl groups excluding tert-OH is 1. The van der Waals surface area contributed by atoms with Crippen molar-refractivity contribution in [3.63, 3.8) is 0 Å². The number of amides is 1. The van der Waals surface area contributed by atoms with Crippen molar-refractivity contribution in [2.45, 2.75) is 18.9 Å². The third kappa shape index (κ3) is 3.18. The number of thiophene rings is 1. The minimum Gasteiger partial charge on any atom is -0.465 e. The van der Waals surface area contributed by atoms with E-state index < -0.39 is 0 Å². The number of methoxy groups -OCH3 is 1. The Bertz CT molecular complexity index is 569. The van der Waals surface area contributed by atoms with Gasteiger partial charge in [-0.05, 0) is 18.6 Å². The number of esters is 1. The van der Waals surface area contributed by atoms with Crippen LogP contribution in [0.5, 0.6) is 0 Å². The Kier molecular flexibility index (Phi) is 4.77. The number of likely N-dealkylation sites (tertiary alicyclic amines) is 1. The Hall–Kier alpha value is -1.84. The molecule has 1 aromatic rings. The van der Waals surface area contributed by atoms with Crippen LogP contribution < -0.4 is 0 Å². The summed E-state index contributed by atoms with van der Waals surface area (Å²) >= 11 is 1.25. The van der Waals surface area contributed by atoms with Crippen molar-refractivity contribution in [1.82, 2.24) is 4.90 Å². The van der Waals surface area contributed by atoms with Gasteiger partial charge in [0.2, 0.25) is 5.91 Å². The minimum absolute atomic E-state index is 0.0276. The van der Waals surface area contributed by atoms with Gasteiger partial charge in [-0.2, -0.15) is 0 Å². The summed E-state index contributed by atoms with van der Waals surface area (Å²) in [4.78, 5) is 25.7. The largest absolute Gasteiger partial charge is 0.465 e. The van der Waals surface area contributed by atoms with Crippen LogP contribution in [0.25, 0.3) is 0 Å². The van der Waals surface area contributed by atoms with Crippen molar-refractivity contribution in [1.29, 1.82) is 0 Å². The molecule has 1 aromatic heterocycles. The van der Waals surface area contributed by atoms with Gasteiger partial charge in [0, 0.05) is 6.42 Å². The molecule has 0 spiro atoms. The first kappa shape index (κ1) is 14.6. The Morgan fingerprint density at radius 1 is 1.60 bits per heavy atom. The zero-order chi connectivity index (χ0) is 14.5. The summed E-state index contributed by atoms with van der Waals surface area (Å²) in [5.74, 6) is 5.48. The molecule has 1 aliphatic rings. The Morgan fingerprint density at radius 2 is 2.40 bits per heavy atom. The van der Waals surface area contributed by atoms with Crippen molar-refractivity contribution in [3.05, 3.63) is 21.9 Å². The van der Waals surface area contributed by atoms with Crippen LogP contribution in [0.4, 0.5) is 0 Å². The molecule has 0 unspecified atom stereocenters. The molecule has 2 rings (SSSR count). The summed E-state index contributed by atoms with van der Waals surface area (Å²) in [6.45, 7) is 0.272. The molecule has 1 fully saturated rings. The van der Waals surface area contributed by atoms with Gasteiger partial charge in [0.15, 0.2) is 0 Å². The van der Waals surface area contributed by atoms with Crippen molar-refractivity contribution < 1.29 is 19.4 Å². The number of rotatable bonds is 3. The number of hydrogen-bond acceptors (Lipinski definition) is 5. The van der Waals surface area contributed by atoms with Crippen LogP contribution in [0.3, 0.4) is 0 Å². The molecule has 0 saturated carbocycles. The first-order valence-electron chi connectivity index (χ1n) is 6.23. The molecular weight excluding hydrogens is 278 g/mol. The molecule has 1 saturated heterocycles. The number of aliphatic hydroxyl groups is 1. The highest BCUT2D eigenvalue weighted by molar-refractivity contribution is 7.14. The summed E-state index contributed by atoms with van der Waals surface area (Å²) in [6, 6.07) is 3.29. The second-order valence-corrected chi connectivity index (χ2v) is 5.44. The van der Waals surface area contributed by atoms with Gasteiger partial charge in [-0.25, -0.2) is 4.79 Å². The predicted molar refractivity (Wildman–Crippen MR) is 74.4 cm³/mol. The van der Waals surface area contributed by atoms with Gasteiger partial charge in [-0.1, -0.05) is 11.8 Å². The van der Waals surface area contributed by atoms with E-state index in [1.807, 2.05) is 0 Å². The van der Waals surface area contributed by atoms with Crippen LogP contribution in [0, 0.1) is 11.8 Å². The number of carbonyl (C=O) groups is 2. The molecular formula is C14H15NO4S. The third-order valence-electron chi connectivity index (χ3n) is 3.12. The van der Waals surface area contributed by atoms with Crippen LogP contribution in [0.2, 0.25) is 0 Å². The average Bonchev–Trinajstić information content (AvgIpc) is 3.06. The maximum Gasteiger partial charge on any atom is 0.348 e. The van der Waals surface area contributed by atoms with Gasteiger partial charge in [0.1, 0.15) is 4.88 Å². The SMILES string of the molecule is COC(=O)c1ccc(C#CCN2C(=O)CC[C@@H]2CO)s1. The molecule has 20 heavy (non-hydrogen) atoms. The summed E-state index contributed by atoms with van der Waals surface area (Å²) in [5.41, 5.74) is 0. The summed E-state index contributed by atoms with van der Waals surface area (Å²) in [5, 5.41) is 9.17. The highest BCUT2D eigenvalue weighted by Crippen LogP contribution is 2.18. The highest BCUT2D eigenvalue weighted by Gasteiger charge is 2.29. The number of carbonyl (C=O) groups excluding carboxylic acids is 2. The van der Waals surface area contributed by atoms with Crippen molar-refractivity contribution in [3.8, 4) is 11.8 Å². The zero-order valence-electron chi connectivity index (χ0n) is 11.1. The van der Waals surface area contributed by atoms with E-state index in [4.69, 9.17) is 0 Å². The van der Waals surface area contributed by atoms with E-state index in [1.165, 1.54) is 18.4 Å². The molecule has 2 heterocycles. The lowest BCUT2D eigenvalue weighted by atomic mass is 10.2. The van der Waals surface area contributed by atoms with E-state index in [1.54, 1.807) is 17.0 Å². The fourth-order valence-electron chi connectivity index (χ4n) is 2.03. The fraction of sp³-hybridized carbons (Fsp3) is 0.429. The normalized spacial score (nSPS) is 17.8. The molecule has 0 aliphatic carbocycles. The number of hydrogen-bond donors (Lipinski definition) is 1. The number of ether oxygens (including phenoxy) is 1. The van der Waals surface area contributed by atoms with E-state index in [0.29, 0.717) is 24.3 Å². The van der Waals surface area contributed by atoms with E-state index in [0.717, 1.165) is 4.88 Å². The molecule has 0 aromatic carbocycles. The quantitative estimate of drug-likeness (QED) is 0.663. The maximum absolute atomic E-state index is 11.6. The predicted octanol–water partition coefficient (Wildman–Crippen LogP) is 0.870. The molecule has 0 radical (unpaired) electrons. The number of nitrogens with zero attached hydrogens (tertiary/aromatic N) is 1. The standard InChI is InChI=1S/C14H15NO4S/c1-19-14(18)12-6-5-11(20-12)3-2-8-15-10(9-16)4-7-13(15)17/h5-6,10,16H,4,7-9H2,1H3/t10-/m1/s1. The lowest BCUT2D eigenvalue weighted by molar-refractivity contribution is -0.128. The van der Waals surface area contributed by atoms with E-state index in [2.05, 4.69) is 16.6 Å². The second kappa shape index (κ2) is 6.55. The Balaban J connectivity index is 1.99. The maximum atomic E-state index is 11.6. The molecule has 5 nitrogen and oxygen atoms in total. The van der Waals surface area contributed by atoms with Crippen LogP contribution >= 0.6 is 11.3 Å². The van der Waals surface area contributed by atoms with Crippen LogP contribution in [-0.2, 0) is 9.53 Å². The lowest BCUT2D eigenvalue weighted by Gasteiger charge is -2.19. The van der Waals surface area contributed by atoms with E-state index in [9.17, 15) is 14.7 Å². The molecule has 6 heteroatoms. The zero-order valence-corrected chi connectivity index (χ0v) is 11.9. The smallest absolute Gasteiger partial charge is 0.348 e. The first-order chi connectivity index (χ1) is 9.65. The molecule has 1 aliphatic heterocycles. The lowest BCUT2D eigenvalue weighted by Crippen LogP contribution is -2.35. The Morgan fingerprint density at radius 3 is 3.10 bits per heavy atom. The summed E-state index contributed by atoms with van der Waals surface area (Å²) < 4.78 is 4.62. The van der Waals surface area contributed by atoms with Gasteiger partial charge in [0.25, 0.3) is 0 Å². The second-order valence-electron chi connectivity index (χ2n) is 4.35. The van der Waals surface area contributed by atoms with Crippen molar-refractivity contribution >= 4 is 23.2 Å². The topological polar surface area (TPSA) is 66.8 Å². The monoisotopic (exact) mass is 293 g/mol. The van der Waals surface area contributed by atoms with Crippen LogP contribution in [0.15, 0.2) is 12.1 Å². The highest BCUT2D eigenvalue weighted by atomic mass is 32.1. The van der Waals surface area contributed by atoms with Gasteiger partial charge < -0.3 is 14.7 Å². The molecule has 1 atom stereocenters.